The van der Waals surface area contributed by atoms with Crippen LogP contribution in [0.1, 0.15) is 34.1 Å². The third kappa shape index (κ3) is 3.95. The first-order valence-electron chi connectivity index (χ1n) is 8.22. The fourth-order valence-corrected chi connectivity index (χ4v) is 3.37. The van der Waals surface area contributed by atoms with Gasteiger partial charge in [0, 0.05) is 57.8 Å². The Morgan fingerprint density at radius 1 is 1.05 bits per heavy atom. The van der Waals surface area contributed by atoms with Gasteiger partial charge in [0.2, 0.25) is 5.91 Å². The molecule has 0 spiro atoms. The van der Waals surface area contributed by atoms with Crippen LogP contribution >= 0.6 is 0 Å². The highest BCUT2D eigenvalue weighted by molar-refractivity contribution is 5.78. The van der Waals surface area contributed by atoms with E-state index >= 15 is 0 Å². The molecule has 0 N–H and O–H groups in total. The summed E-state index contributed by atoms with van der Waals surface area (Å²) in [5, 5.41) is 0. The third-order valence-corrected chi connectivity index (χ3v) is 4.75. The molecule has 0 saturated carbocycles. The van der Waals surface area contributed by atoms with E-state index in [0.29, 0.717) is 17.9 Å². The predicted octanol–water partition coefficient (Wildman–Crippen LogP) is 1.52. The lowest BCUT2D eigenvalue weighted by Crippen LogP contribution is -2.50. The van der Waals surface area contributed by atoms with E-state index in [-0.39, 0.29) is 5.92 Å². The van der Waals surface area contributed by atoms with Crippen molar-refractivity contribution < 1.29 is 4.79 Å². The van der Waals surface area contributed by atoms with E-state index in [0.717, 1.165) is 13.1 Å². The number of piperazine rings is 1. The molecule has 0 aromatic rings. The van der Waals surface area contributed by atoms with Crippen molar-refractivity contribution in [2.75, 3.05) is 45.8 Å². The van der Waals surface area contributed by atoms with Crippen molar-refractivity contribution in [2.45, 2.75) is 40.2 Å². The van der Waals surface area contributed by atoms with E-state index in [1.54, 1.807) is 0 Å². The number of carbonyl (C=O) groups excluding carboxylic acids is 1. The predicted molar refractivity (Wildman–Crippen MR) is 82.7 cm³/mol. The molecule has 2 aliphatic rings. The zero-order valence-corrected chi connectivity index (χ0v) is 13.6. The number of nitrogens with zero attached hydrogens (tertiary/aromatic N) is 3. The van der Waals surface area contributed by atoms with Crippen molar-refractivity contribution >= 4 is 5.91 Å². The van der Waals surface area contributed by atoms with Crippen LogP contribution in [0, 0.1) is 11.8 Å². The summed E-state index contributed by atoms with van der Waals surface area (Å²) in [4.78, 5) is 19.2. The van der Waals surface area contributed by atoms with Gasteiger partial charge in [-0.05, 0) is 26.2 Å². The van der Waals surface area contributed by atoms with Gasteiger partial charge in [0.05, 0.1) is 0 Å². The van der Waals surface area contributed by atoms with E-state index in [1.165, 1.54) is 39.1 Å². The summed E-state index contributed by atoms with van der Waals surface area (Å²) in [5.41, 5.74) is 0. The number of hydrogen-bond acceptors (Lipinski definition) is 3. The Morgan fingerprint density at radius 3 is 2.25 bits per heavy atom. The first-order chi connectivity index (χ1) is 9.47. The molecule has 0 aromatic heterocycles. The van der Waals surface area contributed by atoms with E-state index in [9.17, 15) is 4.79 Å². The summed E-state index contributed by atoms with van der Waals surface area (Å²) in [6, 6.07) is 0.669. The van der Waals surface area contributed by atoms with Crippen LogP contribution in [0.5, 0.6) is 0 Å². The van der Waals surface area contributed by atoms with Gasteiger partial charge in [0.1, 0.15) is 0 Å². The molecule has 2 fully saturated rings. The van der Waals surface area contributed by atoms with Crippen LogP contribution in [0.15, 0.2) is 0 Å². The topological polar surface area (TPSA) is 26.8 Å². The van der Waals surface area contributed by atoms with E-state index < -0.39 is 0 Å². The highest BCUT2D eigenvalue weighted by Gasteiger charge is 2.29. The van der Waals surface area contributed by atoms with Gasteiger partial charge < -0.3 is 9.80 Å². The monoisotopic (exact) mass is 281 g/mol. The molecule has 1 amide bonds. The Kier molecular flexibility index (Phi) is 5.44. The van der Waals surface area contributed by atoms with Crippen LogP contribution in [0.4, 0.5) is 0 Å². The molecule has 2 saturated heterocycles. The maximum atomic E-state index is 12.0. The second-order valence-electron chi connectivity index (χ2n) is 7.02. The van der Waals surface area contributed by atoms with E-state index in [4.69, 9.17) is 0 Å². The van der Waals surface area contributed by atoms with E-state index in [1.807, 2.05) is 13.8 Å². The Bertz CT molecular complexity index is 322. The van der Waals surface area contributed by atoms with Crippen LogP contribution in [0.3, 0.4) is 0 Å². The summed E-state index contributed by atoms with van der Waals surface area (Å²) in [7, 11) is 0. The largest absolute Gasteiger partial charge is 0.342 e. The minimum atomic E-state index is 0.142. The summed E-state index contributed by atoms with van der Waals surface area (Å²) in [6.45, 7) is 16.4. The van der Waals surface area contributed by atoms with E-state index in [2.05, 4.69) is 28.5 Å². The Morgan fingerprint density at radius 2 is 1.70 bits per heavy atom. The molecule has 20 heavy (non-hydrogen) atoms. The van der Waals surface area contributed by atoms with Gasteiger partial charge in [-0.25, -0.2) is 0 Å². The molecule has 2 aliphatic heterocycles. The molecule has 1 unspecified atom stereocenters. The quantitative estimate of drug-likeness (QED) is 0.782. The fourth-order valence-electron chi connectivity index (χ4n) is 3.37. The van der Waals surface area contributed by atoms with Crippen LogP contribution < -0.4 is 0 Å². The molecular weight excluding hydrogens is 250 g/mol. The van der Waals surface area contributed by atoms with Crippen molar-refractivity contribution in [3.05, 3.63) is 0 Å². The SMILES string of the molecule is CC(C)C(=O)N1CCC(CN2CCN(C(C)C)CC2)C1. The summed E-state index contributed by atoms with van der Waals surface area (Å²) < 4.78 is 0. The highest BCUT2D eigenvalue weighted by Crippen LogP contribution is 2.20. The molecule has 1 atom stereocenters. The molecule has 116 valence electrons. The molecule has 2 heterocycles. The minimum Gasteiger partial charge on any atom is -0.342 e. The van der Waals surface area contributed by atoms with Gasteiger partial charge in [-0.15, -0.1) is 0 Å². The average molecular weight is 281 g/mol. The molecule has 0 aromatic carbocycles. The molecule has 0 aliphatic carbocycles. The molecular formula is C16H31N3O. The smallest absolute Gasteiger partial charge is 0.225 e. The molecule has 0 bridgehead atoms. The number of likely N-dealkylation sites (tertiary alicyclic amines) is 1. The van der Waals surface area contributed by atoms with Crippen LogP contribution in [0.25, 0.3) is 0 Å². The lowest BCUT2D eigenvalue weighted by Gasteiger charge is -2.37. The van der Waals surface area contributed by atoms with Crippen molar-refractivity contribution in [3.63, 3.8) is 0 Å². The Hall–Kier alpha value is -0.610. The zero-order valence-electron chi connectivity index (χ0n) is 13.6. The van der Waals surface area contributed by atoms with Crippen LogP contribution in [-0.2, 0) is 4.79 Å². The van der Waals surface area contributed by atoms with Gasteiger partial charge in [-0.1, -0.05) is 13.8 Å². The highest BCUT2D eigenvalue weighted by atomic mass is 16.2. The molecule has 4 nitrogen and oxygen atoms in total. The summed E-state index contributed by atoms with van der Waals surface area (Å²) in [5.74, 6) is 1.16. The fraction of sp³-hybridized carbons (Fsp3) is 0.938. The number of carbonyl (C=O) groups is 1. The van der Waals surface area contributed by atoms with Crippen LogP contribution in [0.2, 0.25) is 0 Å². The second kappa shape index (κ2) is 6.90. The van der Waals surface area contributed by atoms with Crippen molar-refractivity contribution in [2.24, 2.45) is 11.8 Å². The summed E-state index contributed by atoms with van der Waals surface area (Å²) in [6.07, 6.45) is 1.18. The Balaban J connectivity index is 1.72. The maximum Gasteiger partial charge on any atom is 0.225 e. The lowest BCUT2D eigenvalue weighted by atomic mass is 10.1. The van der Waals surface area contributed by atoms with Gasteiger partial charge in [0.15, 0.2) is 0 Å². The molecule has 4 heteroatoms. The van der Waals surface area contributed by atoms with Crippen LogP contribution in [-0.4, -0.2) is 72.5 Å². The van der Waals surface area contributed by atoms with Gasteiger partial charge in [0.25, 0.3) is 0 Å². The lowest BCUT2D eigenvalue weighted by molar-refractivity contribution is -0.133. The second-order valence-corrected chi connectivity index (χ2v) is 7.02. The number of hydrogen-bond donors (Lipinski definition) is 0. The molecule has 2 rings (SSSR count). The van der Waals surface area contributed by atoms with Gasteiger partial charge in [-0.2, -0.15) is 0 Å². The van der Waals surface area contributed by atoms with Crippen molar-refractivity contribution in [3.8, 4) is 0 Å². The van der Waals surface area contributed by atoms with Crippen molar-refractivity contribution in [1.82, 2.24) is 14.7 Å². The average Bonchev–Trinajstić information content (AvgIpc) is 2.86. The van der Waals surface area contributed by atoms with Gasteiger partial charge in [-0.3, -0.25) is 9.69 Å². The first kappa shape index (κ1) is 15.8. The summed E-state index contributed by atoms with van der Waals surface area (Å²) >= 11 is 0. The zero-order chi connectivity index (χ0) is 14.7. The third-order valence-electron chi connectivity index (χ3n) is 4.75. The normalized spacial score (nSPS) is 25.9. The standard InChI is InChI=1S/C16H31N3O/c1-13(2)16(20)19-6-5-15(12-19)11-17-7-9-18(10-8-17)14(3)4/h13-15H,5-12H2,1-4H3. The Labute approximate surface area is 124 Å². The van der Waals surface area contributed by atoms with Crippen molar-refractivity contribution in [1.29, 1.82) is 0 Å². The number of rotatable bonds is 4. The molecule has 0 radical (unpaired) electrons. The first-order valence-corrected chi connectivity index (χ1v) is 8.22. The van der Waals surface area contributed by atoms with Gasteiger partial charge >= 0.3 is 0 Å². The minimum absolute atomic E-state index is 0.142. The number of amides is 1. The maximum absolute atomic E-state index is 12.0.